The van der Waals surface area contributed by atoms with E-state index in [9.17, 15) is 4.79 Å². The van der Waals surface area contributed by atoms with E-state index < -0.39 is 5.54 Å². The van der Waals surface area contributed by atoms with Crippen LogP contribution in [0.4, 0.5) is 0 Å². The number of amides is 1. The Balaban J connectivity index is 1.49. The Morgan fingerprint density at radius 1 is 1.24 bits per heavy atom. The first-order valence-electron chi connectivity index (χ1n) is 7.80. The summed E-state index contributed by atoms with van der Waals surface area (Å²) in [7, 11) is 0. The van der Waals surface area contributed by atoms with Crippen molar-refractivity contribution in [3.05, 3.63) is 36.5 Å². The smallest absolute Gasteiger partial charge is 0.240 e. The summed E-state index contributed by atoms with van der Waals surface area (Å²) in [6.07, 6.45) is 6.80. The zero-order chi connectivity index (χ0) is 14.7. The predicted molar refractivity (Wildman–Crippen MR) is 85.0 cm³/mol. The molecule has 4 nitrogen and oxygen atoms in total. The lowest BCUT2D eigenvalue weighted by molar-refractivity contribution is -0.126. The molecular formula is C17H23N3O. The lowest BCUT2D eigenvalue weighted by atomic mass is 9.98. The van der Waals surface area contributed by atoms with Crippen LogP contribution in [0.15, 0.2) is 36.5 Å². The van der Waals surface area contributed by atoms with Gasteiger partial charge in [0.2, 0.25) is 5.91 Å². The Kier molecular flexibility index (Phi) is 3.97. The minimum Gasteiger partial charge on any atom is -0.354 e. The normalized spacial score (nSPS) is 17.2. The second-order valence-electron chi connectivity index (χ2n) is 6.04. The number of aromatic nitrogens is 1. The van der Waals surface area contributed by atoms with Crippen LogP contribution in [0, 0.1) is 0 Å². The quantitative estimate of drug-likeness (QED) is 0.829. The molecule has 1 aromatic heterocycles. The first-order chi connectivity index (χ1) is 10.2. The lowest BCUT2D eigenvalue weighted by Crippen LogP contribution is -2.52. The topological polar surface area (TPSA) is 60.1 Å². The minimum atomic E-state index is -0.611. The fourth-order valence-corrected chi connectivity index (χ4v) is 3.20. The Morgan fingerprint density at radius 2 is 2.00 bits per heavy atom. The summed E-state index contributed by atoms with van der Waals surface area (Å²) in [5.74, 6) is 0.0253. The van der Waals surface area contributed by atoms with Gasteiger partial charge >= 0.3 is 0 Å². The molecule has 0 atom stereocenters. The maximum Gasteiger partial charge on any atom is 0.240 e. The van der Waals surface area contributed by atoms with Gasteiger partial charge in [0, 0.05) is 24.8 Å². The molecule has 0 saturated heterocycles. The molecular weight excluding hydrogens is 262 g/mol. The third-order valence-electron chi connectivity index (χ3n) is 4.49. The number of nitrogens with zero attached hydrogens (tertiary/aromatic N) is 1. The number of aryl methyl sites for hydroxylation is 1. The van der Waals surface area contributed by atoms with E-state index in [4.69, 9.17) is 5.73 Å². The number of hydrogen-bond donors (Lipinski definition) is 2. The van der Waals surface area contributed by atoms with Crippen molar-refractivity contribution in [2.75, 3.05) is 6.54 Å². The first kappa shape index (κ1) is 14.1. The van der Waals surface area contributed by atoms with Gasteiger partial charge in [0.1, 0.15) is 0 Å². The largest absolute Gasteiger partial charge is 0.354 e. The SMILES string of the molecule is NC1(C(=O)NCCCn2ccc3ccccc32)CCCC1. The maximum absolute atomic E-state index is 12.1. The number of nitrogens with one attached hydrogen (secondary N) is 1. The van der Waals surface area contributed by atoms with Crippen molar-refractivity contribution in [3.63, 3.8) is 0 Å². The minimum absolute atomic E-state index is 0.0253. The highest BCUT2D eigenvalue weighted by atomic mass is 16.2. The maximum atomic E-state index is 12.1. The van der Waals surface area contributed by atoms with Crippen LogP contribution >= 0.6 is 0 Å². The number of fused-ring (bicyclic) bond motifs is 1. The van der Waals surface area contributed by atoms with Gasteiger partial charge in [-0.05, 0) is 36.8 Å². The zero-order valence-electron chi connectivity index (χ0n) is 12.3. The van der Waals surface area contributed by atoms with Crippen LogP contribution in [-0.4, -0.2) is 22.6 Å². The molecule has 1 heterocycles. The summed E-state index contributed by atoms with van der Waals surface area (Å²) in [4.78, 5) is 12.1. The second-order valence-corrected chi connectivity index (χ2v) is 6.04. The van der Waals surface area contributed by atoms with E-state index in [0.29, 0.717) is 6.54 Å². The molecule has 1 aliphatic carbocycles. The third-order valence-corrected chi connectivity index (χ3v) is 4.49. The van der Waals surface area contributed by atoms with Crippen LogP contribution in [0.25, 0.3) is 10.9 Å². The summed E-state index contributed by atoms with van der Waals surface area (Å²) >= 11 is 0. The second kappa shape index (κ2) is 5.90. The Labute approximate surface area is 125 Å². The highest BCUT2D eigenvalue weighted by molar-refractivity contribution is 5.86. The van der Waals surface area contributed by atoms with E-state index >= 15 is 0 Å². The molecule has 3 N–H and O–H groups in total. The molecule has 3 rings (SSSR count). The number of carbonyl (C=O) groups is 1. The van der Waals surface area contributed by atoms with Crippen LogP contribution in [0.5, 0.6) is 0 Å². The number of para-hydroxylation sites is 1. The van der Waals surface area contributed by atoms with Gasteiger partial charge in [0.25, 0.3) is 0 Å². The standard InChI is InChI=1S/C17H23N3O/c18-17(9-3-4-10-17)16(21)19-11-5-12-20-13-8-14-6-1-2-7-15(14)20/h1-2,6-8,13H,3-5,9-12,18H2,(H,19,21). The molecule has 1 amide bonds. The van der Waals surface area contributed by atoms with Crippen LogP contribution in [0.2, 0.25) is 0 Å². The Hall–Kier alpha value is -1.81. The summed E-state index contributed by atoms with van der Waals surface area (Å²) in [5, 5.41) is 4.26. The van der Waals surface area contributed by atoms with E-state index in [1.54, 1.807) is 0 Å². The molecule has 0 bridgehead atoms. The highest BCUT2D eigenvalue weighted by Gasteiger charge is 2.36. The van der Waals surface area contributed by atoms with E-state index in [1.807, 2.05) is 0 Å². The molecule has 1 fully saturated rings. The van der Waals surface area contributed by atoms with Gasteiger partial charge in [0.05, 0.1) is 5.54 Å². The number of rotatable bonds is 5. The van der Waals surface area contributed by atoms with Crippen LogP contribution in [0.1, 0.15) is 32.1 Å². The fourth-order valence-electron chi connectivity index (χ4n) is 3.20. The van der Waals surface area contributed by atoms with Crippen molar-refractivity contribution in [2.45, 2.75) is 44.2 Å². The molecule has 0 unspecified atom stereocenters. The highest BCUT2D eigenvalue weighted by Crippen LogP contribution is 2.27. The van der Waals surface area contributed by atoms with E-state index in [0.717, 1.165) is 38.6 Å². The van der Waals surface area contributed by atoms with Gasteiger partial charge in [-0.2, -0.15) is 0 Å². The molecule has 0 aliphatic heterocycles. The summed E-state index contributed by atoms with van der Waals surface area (Å²) in [5.41, 5.74) is 6.77. The number of carbonyl (C=O) groups excluding carboxylic acids is 1. The van der Waals surface area contributed by atoms with Crippen LogP contribution in [0.3, 0.4) is 0 Å². The fraction of sp³-hybridized carbons (Fsp3) is 0.471. The van der Waals surface area contributed by atoms with Gasteiger partial charge in [-0.1, -0.05) is 31.0 Å². The average molecular weight is 285 g/mol. The molecule has 1 saturated carbocycles. The van der Waals surface area contributed by atoms with Crippen molar-refractivity contribution in [2.24, 2.45) is 5.73 Å². The van der Waals surface area contributed by atoms with Crippen molar-refractivity contribution in [3.8, 4) is 0 Å². The van der Waals surface area contributed by atoms with Crippen LogP contribution in [-0.2, 0) is 11.3 Å². The summed E-state index contributed by atoms with van der Waals surface area (Å²) in [6.45, 7) is 1.59. The van der Waals surface area contributed by atoms with Crippen molar-refractivity contribution in [1.82, 2.24) is 9.88 Å². The molecule has 21 heavy (non-hydrogen) atoms. The Bertz CT molecular complexity index is 626. The van der Waals surface area contributed by atoms with Gasteiger partial charge in [-0.15, -0.1) is 0 Å². The molecule has 0 radical (unpaired) electrons. The number of benzene rings is 1. The van der Waals surface area contributed by atoms with Crippen LogP contribution < -0.4 is 11.1 Å². The lowest BCUT2D eigenvalue weighted by Gasteiger charge is -2.22. The van der Waals surface area contributed by atoms with Gasteiger partial charge in [0.15, 0.2) is 0 Å². The average Bonchev–Trinajstić information content (AvgIpc) is 3.11. The number of nitrogens with two attached hydrogens (primary N) is 1. The summed E-state index contributed by atoms with van der Waals surface area (Å²) < 4.78 is 2.23. The molecule has 0 spiro atoms. The van der Waals surface area contributed by atoms with Crippen molar-refractivity contribution >= 4 is 16.8 Å². The van der Waals surface area contributed by atoms with Gasteiger partial charge < -0.3 is 15.6 Å². The van der Waals surface area contributed by atoms with E-state index in [-0.39, 0.29) is 5.91 Å². The number of hydrogen-bond acceptors (Lipinski definition) is 2. The van der Waals surface area contributed by atoms with Crippen molar-refractivity contribution < 1.29 is 4.79 Å². The van der Waals surface area contributed by atoms with E-state index in [1.165, 1.54) is 10.9 Å². The molecule has 2 aromatic rings. The van der Waals surface area contributed by atoms with Gasteiger partial charge in [-0.3, -0.25) is 4.79 Å². The molecule has 1 aliphatic rings. The monoisotopic (exact) mass is 285 g/mol. The molecule has 4 heteroatoms. The first-order valence-corrected chi connectivity index (χ1v) is 7.80. The Morgan fingerprint density at radius 3 is 2.81 bits per heavy atom. The zero-order valence-corrected chi connectivity index (χ0v) is 12.3. The summed E-state index contributed by atoms with van der Waals surface area (Å²) in [6, 6.07) is 10.5. The molecule has 112 valence electrons. The van der Waals surface area contributed by atoms with Gasteiger partial charge in [-0.25, -0.2) is 0 Å². The van der Waals surface area contributed by atoms with E-state index in [2.05, 4.69) is 46.4 Å². The van der Waals surface area contributed by atoms with Crippen molar-refractivity contribution in [1.29, 1.82) is 0 Å². The predicted octanol–water partition coefficient (Wildman–Crippen LogP) is 2.42. The third kappa shape index (κ3) is 2.95. The molecule has 1 aromatic carbocycles.